The molecule has 3 saturated carbocycles. The van der Waals surface area contributed by atoms with E-state index in [2.05, 4.69) is 12.0 Å². The zero-order valence-electron chi connectivity index (χ0n) is 20.6. The molecule has 3 aliphatic carbocycles. The highest BCUT2D eigenvalue weighted by molar-refractivity contribution is 5.80. The summed E-state index contributed by atoms with van der Waals surface area (Å²) in [6.07, 6.45) is 12.2. The number of hydrogen-bond donors (Lipinski definition) is 1. The van der Waals surface area contributed by atoms with Crippen molar-refractivity contribution in [1.29, 1.82) is 5.26 Å². The lowest BCUT2D eigenvalue weighted by molar-refractivity contribution is -0.151. The van der Waals surface area contributed by atoms with Crippen molar-refractivity contribution in [2.45, 2.75) is 90.2 Å². The molecule has 1 aromatic rings. The highest BCUT2D eigenvalue weighted by Crippen LogP contribution is 2.60. The minimum absolute atomic E-state index is 0.0728. The van der Waals surface area contributed by atoms with Crippen molar-refractivity contribution < 1.29 is 14.6 Å². The molecule has 1 aromatic heterocycles. The van der Waals surface area contributed by atoms with Crippen molar-refractivity contribution in [1.82, 2.24) is 9.78 Å². The molecule has 1 heterocycles. The van der Waals surface area contributed by atoms with Gasteiger partial charge in [0.1, 0.15) is 6.07 Å². The number of fused-ring (bicyclic) bond motifs is 3. The Bertz CT molecular complexity index is 872. The largest absolute Gasteiger partial charge is 0.390 e. The first-order valence-corrected chi connectivity index (χ1v) is 13.0. The maximum absolute atomic E-state index is 13.1. The van der Waals surface area contributed by atoms with Gasteiger partial charge in [0.15, 0.2) is 11.5 Å². The van der Waals surface area contributed by atoms with Gasteiger partial charge in [-0.3, -0.25) is 9.48 Å². The molecule has 6 nitrogen and oxygen atoms in total. The fourth-order valence-corrected chi connectivity index (χ4v) is 7.72. The van der Waals surface area contributed by atoms with E-state index in [-0.39, 0.29) is 23.7 Å². The Hall–Kier alpha value is -1.71. The molecular formula is C27H41N3O3. The topological polar surface area (TPSA) is 88.1 Å². The molecule has 3 fully saturated rings. The number of ketones is 1. The first kappa shape index (κ1) is 24.4. The van der Waals surface area contributed by atoms with E-state index in [0.29, 0.717) is 29.4 Å². The molecule has 4 rings (SSSR count). The average Bonchev–Trinajstić information content (AvgIpc) is 3.25. The summed E-state index contributed by atoms with van der Waals surface area (Å²) in [6.45, 7) is 5.47. The number of carbonyl (C=O) groups excluding carboxylic acids is 1. The lowest BCUT2D eigenvalue weighted by Crippen LogP contribution is -2.55. The summed E-state index contributed by atoms with van der Waals surface area (Å²) in [7, 11) is 1.84. The fourth-order valence-electron chi connectivity index (χ4n) is 7.72. The van der Waals surface area contributed by atoms with Gasteiger partial charge in [0.2, 0.25) is 0 Å². The average molecular weight is 456 g/mol. The maximum Gasteiger partial charge on any atom is 0.162 e. The first-order valence-electron chi connectivity index (χ1n) is 13.0. The molecule has 0 aliphatic heterocycles. The minimum atomic E-state index is -0.547. The van der Waals surface area contributed by atoms with Gasteiger partial charge < -0.3 is 9.84 Å². The van der Waals surface area contributed by atoms with Crippen LogP contribution in [0.2, 0.25) is 0 Å². The van der Waals surface area contributed by atoms with Crippen LogP contribution in [0.15, 0.2) is 12.3 Å². The second-order valence-electron chi connectivity index (χ2n) is 11.6. The van der Waals surface area contributed by atoms with E-state index in [1.807, 2.05) is 20.1 Å². The molecule has 0 bridgehead atoms. The second-order valence-corrected chi connectivity index (χ2v) is 11.6. The summed E-state index contributed by atoms with van der Waals surface area (Å²) in [4.78, 5) is 13.1. The highest BCUT2D eigenvalue weighted by atomic mass is 16.5. The summed E-state index contributed by atoms with van der Waals surface area (Å²) in [5.41, 5.74) is -0.0193. The first-order chi connectivity index (χ1) is 15.8. The Balaban J connectivity index is 1.49. The number of hydrogen-bond acceptors (Lipinski definition) is 5. The zero-order chi connectivity index (χ0) is 23.6. The third kappa shape index (κ3) is 5.05. The second kappa shape index (κ2) is 9.88. The van der Waals surface area contributed by atoms with Crippen molar-refractivity contribution in [3.63, 3.8) is 0 Å². The van der Waals surface area contributed by atoms with Crippen LogP contribution < -0.4 is 0 Å². The molecule has 0 spiro atoms. The smallest absolute Gasteiger partial charge is 0.162 e. The monoisotopic (exact) mass is 455 g/mol. The Labute approximate surface area is 198 Å². The molecule has 7 atom stereocenters. The van der Waals surface area contributed by atoms with Crippen LogP contribution in [0, 0.1) is 46.3 Å². The molecule has 182 valence electrons. The Morgan fingerprint density at radius 1 is 1.27 bits per heavy atom. The molecule has 1 N–H and O–H groups in total. The van der Waals surface area contributed by atoms with Gasteiger partial charge in [-0.25, -0.2) is 0 Å². The molecule has 3 aliphatic rings. The van der Waals surface area contributed by atoms with E-state index >= 15 is 0 Å². The molecule has 0 radical (unpaired) electrons. The summed E-state index contributed by atoms with van der Waals surface area (Å²) < 4.78 is 7.48. The van der Waals surface area contributed by atoms with Gasteiger partial charge in [0, 0.05) is 19.2 Å². The number of ether oxygens (including phenoxy) is 1. The zero-order valence-corrected chi connectivity index (χ0v) is 20.6. The lowest BCUT2D eigenvalue weighted by atomic mass is 9.48. The number of carbonyl (C=O) groups is 1. The van der Waals surface area contributed by atoms with Crippen molar-refractivity contribution in [2.24, 2.45) is 35.0 Å². The van der Waals surface area contributed by atoms with Crippen LogP contribution >= 0.6 is 0 Å². The summed E-state index contributed by atoms with van der Waals surface area (Å²) in [6, 6.07) is 3.70. The van der Waals surface area contributed by atoms with Crippen LogP contribution in [0.1, 0.15) is 83.7 Å². The Morgan fingerprint density at radius 2 is 2.09 bits per heavy atom. The van der Waals surface area contributed by atoms with Gasteiger partial charge in [-0.2, -0.15) is 10.4 Å². The van der Waals surface area contributed by atoms with Gasteiger partial charge in [-0.05, 0) is 99.9 Å². The third-order valence-corrected chi connectivity index (χ3v) is 9.44. The van der Waals surface area contributed by atoms with Crippen LogP contribution in [0.25, 0.3) is 0 Å². The number of Topliss-reactive ketones (excluding diaryl/α,β-unsaturated/α-hetero) is 1. The molecule has 0 amide bonds. The molecule has 33 heavy (non-hydrogen) atoms. The third-order valence-electron chi connectivity index (χ3n) is 9.44. The highest BCUT2D eigenvalue weighted by Gasteiger charge is 2.55. The lowest BCUT2D eigenvalue weighted by Gasteiger charge is -2.59. The van der Waals surface area contributed by atoms with Crippen molar-refractivity contribution >= 4 is 5.78 Å². The predicted octanol–water partition coefficient (Wildman–Crippen LogP) is 4.75. The quantitative estimate of drug-likeness (QED) is 0.692. The van der Waals surface area contributed by atoms with E-state index in [1.165, 1.54) is 12.8 Å². The van der Waals surface area contributed by atoms with Crippen molar-refractivity contribution in [3.8, 4) is 6.07 Å². The van der Waals surface area contributed by atoms with Gasteiger partial charge in [-0.15, -0.1) is 0 Å². The van der Waals surface area contributed by atoms with Crippen LogP contribution in [-0.4, -0.2) is 40.0 Å². The number of nitrogens with zero attached hydrogens (tertiary/aromatic N) is 3. The van der Waals surface area contributed by atoms with E-state index < -0.39 is 5.60 Å². The summed E-state index contributed by atoms with van der Waals surface area (Å²) in [5.74, 6) is 2.73. The van der Waals surface area contributed by atoms with E-state index in [9.17, 15) is 9.90 Å². The predicted molar refractivity (Wildman–Crippen MR) is 126 cm³/mol. The summed E-state index contributed by atoms with van der Waals surface area (Å²) >= 11 is 0. The molecule has 0 saturated heterocycles. The maximum atomic E-state index is 13.1. The Morgan fingerprint density at radius 3 is 2.82 bits per heavy atom. The number of methoxy groups -OCH3 is 1. The molecule has 0 aromatic carbocycles. The van der Waals surface area contributed by atoms with Gasteiger partial charge >= 0.3 is 0 Å². The fraction of sp³-hybridized carbons (Fsp3) is 0.815. The van der Waals surface area contributed by atoms with E-state index in [1.54, 1.807) is 16.9 Å². The standard InChI is InChI=1S/C27H41N3O3/c1-19-7-8-20(25(31)17-30-14-11-22(16-28)29-30)5-4-6-24-23(19)10-9-21-15-26(2,32)12-13-27(21,24)18-33-3/h11,14,19-21,23-24,32H,4-10,12-13,15,17-18H2,1-3H3/t19-,20+,21-,23-,24-,26+,27+/m0/s1. The normalized spacial score (nSPS) is 39.3. The summed E-state index contributed by atoms with van der Waals surface area (Å²) in [5, 5.41) is 24.0. The van der Waals surface area contributed by atoms with Crippen LogP contribution in [0.3, 0.4) is 0 Å². The number of rotatable bonds is 5. The van der Waals surface area contributed by atoms with Crippen LogP contribution in [0.5, 0.6) is 0 Å². The molecule has 0 unspecified atom stereocenters. The number of aliphatic hydroxyl groups is 1. The Kier molecular flexibility index (Phi) is 7.31. The minimum Gasteiger partial charge on any atom is -0.390 e. The SMILES string of the molecule is COC[C@]12CC[C@@](C)(O)C[C@@H]1CC[C@H]1[C@@H](C)CC[C@H](C(=O)Cn3ccc(C#N)n3)CCC[C@@H]12. The van der Waals surface area contributed by atoms with E-state index in [0.717, 1.165) is 58.0 Å². The van der Waals surface area contributed by atoms with Gasteiger partial charge in [0.25, 0.3) is 0 Å². The molecular weight excluding hydrogens is 414 g/mol. The number of aromatic nitrogens is 2. The van der Waals surface area contributed by atoms with E-state index in [4.69, 9.17) is 10.00 Å². The molecule has 6 heteroatoms. The van der Waals surface area contributed by atoms with Gasteiger partial charge in [0.05, 0.1) is 18.8 Å². The van der Waals surface area contributed by atoms with Gasteiger partial charge in [-0.1, -0.05) is 13.3 Å². The van der Waals surface area contributed by atoms with Crippen molar-refractivity contribution in [2.75, 3.05) is 13.7 Å². The van der Waals surface area contributed by atoms with Crippen LogP contribution in [-0.2, 0) is 16.1 Å². The van der Waals surface area contributed by atoms with Crippen LogP contribution in [0.4, 0.5) is 0 Å². The number of nitriles is 1. The van der Waals surface area contributed by atoms with Crippen molar-refractivity contribution in [3.05, 3.63) is 18.0 Å².